The average Bonchev–Trinajstić information content (AvgIpc) is 2.40. The molecule has 0 atom stereocenters. The van der Waals surface area contributed by atoms with Gasteiger partial charge >= 0.3 is 5.97 Å². The Morgan fingerprint density at radius 2 is 1.89 bits per heavy atom. The zero-order valence-corrected chi connectivity index (χ0v) is 10.7. The first kappa shape index (κ1) is 12.6. The summed E-state index contributed by atoms with van der Waals surface area (Å²) in [5.74, 6) is -0.274. The summed E-state index contributed by atoms with van der Waals surface area (Å²) in [6.45, 7) is 1.41. The molecule has 0 unspecified atom stereocenters. The molecule has 18 heavy (non-hydrogen) atoms. The molecule has 1 aromatic carbocycles. The van der Waals surface area contributed by atoms with E-state index < -0.39 is 0 Å². The predicted molar refractivity (Wildman–Crippen MR) is 72.7 cm³/mol. The van der Waals surface area contributed by atoms with E-state index in [4.69, 9.17) is 4.74 Å². The standard InChI is InChI=1S/C16H18O2/c1-13(17)18-12-11-15-9-5-6-10-16(15)14-7-3-2-4-8-14/h2-4,7-8,11-12H,5-6,9-10H2,1H3/b12-11+. The van der Waals surface area contributed by atoms with Crippen LogP contribution in [0.2, 0.25) is 0 Å². The van der Waals surface area contributed by atoms with Crippen LogP contribution in [0.4, 0.5) is 0 Å². The first-order valence-corrected chi connectivity index (χ1v) is 6.38. The lowest BCUT2D eigenvalue weighted by Gasteiger charge is -2.18. The minimum atomic E-state index is -0.274. The highest BCUT2D eigenvalue weighted by molar-refractivity contribution is 5.72. The molecular formula is C16H18O2. The van der Waals surface area contributed by atoms with E-state index in [-0.39, 0.29) is 5.97 Å². The third-order valence-corrected chi connectivity index (χ3v) is 3.14. The highest BCUT2D eigenvalue weighted by atomic mass is 16.5. The molecule has 0 heterocycles. The molecule has 0 saturated heterocycles. The number of rotatable bonds is 3. The van der Waals surface area contributed by atoms with E-state index >= 15 is 0 Å². The van der Waals surface area contributed by atoms with Crippen molar-refractivity contribution >= 4 is 11.5 Å². The summed E-state index contributed by atoms with van der Waals surface area (Å²) in [6.07, 6.45) is 8.03. The Morgan fingerprint density at radius 1 is 1.17 bits per heavy atom. The zero-order valence-electron chi connectivity index (χ0n) is 10.7. The fourth-order valence-corrected chi connectivity index (χ4v) is 2.29. The number of ether oxygens (including phenoxy) is 1. The Morgan fingerprint density at radius 3 is 2.61 bits per heavy atom. The largest absolute Gasteiger partial charge is 0.435 e. The molecule has 94 valence electrons. The third-order valence-electron chi connectivity index (χ3n) is 3.14. The molecule has 1 aliphatic carbocycles. The maximum Gasteiger partial charge on any atom is 0.307 e. The summed E-state index contributed by atoms with van der Waals surface area (Å²) >= 11 is 0. The zero-order chi connectivity index (χ0) is 12.8. The van der Waals surface area contributed by atoms with Crippen molar-refractivity contribution in [2.75, 3.05) is 0 Å². The topological polar surface area (TPSA) is 26.3 Å². The van der Waals surface area contributed by atoms with E-state index in [2.05, 4.69) is 24.3 Å². The molecule has 1 aliphatic rings. The van der Waals surface area contributed by atoms with Gasteiger partial charge in [-0.3, -0.25) is 4.79 Å². The van der Waals surface area contributed by atoms with Crippen molar-refractivity contribution in [2.24, 2.45) is 0 Å². The normalized spacial score (nSPS) is 16.1. The fourth-order valence-electron chi connectivity index (χ4n) is 2.29. The van der Waals surface area contributed by atoms with Gasteiger partial charge in [-0.15, -0.1) is 0 Å². The van der Waals surface area contributed by atoms with Crippen LogP contribution < -0.4 is 0 Å². The first-order chi connectivity index (χ1) is 8.77. The maximum absolute atomic E-state index is 10.7. The van der Waals surface area contributed by atoms with Crippen molar-refractivity contribution < 1.29 is 9.53 Å². The Bertz CT molecular complexity index is 469. The molecule has 0 bridgehead atoms. The monoisotopic (exact) mass is 242 g/mol. The average molecular weight is 242 g/mol. The molecule has 2 heteroatoms. The lowest BCUT2D eigenvalue weighted by atomic mass is 9.87. The number of benzene rings is 1. The predicted octanol–water partition coefficient (Wildman–Crippen LogP) is 4.09. The molecule has 0 aliphatic heterocycles. The first-order valence-electron chi connectivity index (χ1n) is 6.38. The van der Waals surface area contributed by atoms with Crippen molar-refractivity contribution in [3.63, 3.8) is 0 Å². The van der Waals surface area contributed by atoms with Crippen LogP contribution in [-0.4, -0.2) is 5.97 Å². The Kier molecular flexibility index (Phi) is 4.35. The fraction of sp³-hybridized carbons (Fsp3) is 0.312. The van der Waals surface area contributed by atoms with Gasteiger partial charge in [-0.05, 0) is 48.5 Å². The summed E-state index contributed by atoms with van der Waals surface area (Å²) in [7, 11) is 0. The van der Waals surface area contributed by atoms with Gasteiger partial charge in [0, 0.05) is 6.92 Å². The molecule has 0 fully saturated rings. The molecule has 0 radical (unpaired) electrons. The second kappa shape index (κ2) is 6.20. The SMILES string of the molecule is CC(=O)O/C=C/C1=C(c2ccccc2)CCCC1. The van der Waals surface area contributed by atoms with E-state index in [1.54, 1.807) is 0 Å². The van der Waals surface area contributed by atoms with E-state index in [0.29, 0.717) is 0 Å². The van der Waals surface area contributed by atoms with E-state index in [1.807, 2.05) is 12.1 Å². The summed E-state index contributed by atoms with van der Waals surface area (Å²) in [6, 6.07) is 10.4. The van der Waals surface area contributed by atoms with Crippen molar-refractivity contribution in [1.29, 1.82) is 0 Å². The molecule has 0 N–H and O–H groups in total. The van der Waals surface area contributed by atoms with Gasteiger partial charge in [-0.2, -0.15) is 0 Å². The summed E-state index contributed by atoms with van der Waals surface area (Å²) in [5.41, 5.74) is 3.94. The van der Waals surface area contributed by atoms with Crippen molar-refractivity contribution in [1.82, 2.24) is 0 Å². The van der Waals surface area contributed by atoms with Crippen LogP contribution in [0.5, 0.6) is 0 Å². The number of carbonyl (C=O) groups is 1. The highest BCUT2D eigenvalue weighted by Crippen LogP contribution is 2.32. The van der Waals surface area contributed by atoms with Crippen LogP contribution in [0.15, 0.2) is 48.2 Å². The Labute approximate surface area is 108 Å². The minimum Gasteiger partial charge on any atom is -0.435 e. The van der Waals surface area contributed by atoms with Gasteiger partial charge in [0.2, 0.25) is 0 Å². The Balaban J connectivity index is 2.24. The van der Waals surface area contributed by atoms with E-state index in [9.17, 15) is 4.79 Å². The maximum atomic E-state index is 10.7. The van der Waals surface area contributed by atoms with Gasteiger partial charge in [0.25, 0.3) is 0 Å². The highest BCUT2D eigenvalue weighted by Gasteiger charge is 2.12. The second-order valence-corrected chi connectivity index (χ2v) is 4.49. The van der Waals surface area contributed by atoms with Crippen LogP contribution >= 0.6 is 0 Å². The van der Waals surface area contributed by atoms with Gasteiger partial charge in [-0.25, -0.2) is 0 Å². The molecule has 0 spiro atoms. The van der Waals surface area contributed by atoms with Crippen LogP contribution in [0.3, 0.4) is 0 Å². The van der Waals surface area contributed by atoms with Gasteiger partial charge in [0.1, 0.15) is 0 Å². The molecule has 0 aromatic heterocycles. The number of hydrogen-bond donors (Lipinski definition) is 0. The summed E-state index contributed by atoms with van der Waals surface area (Å²) in [5, 5.41) is 0. The molecule has 2 nitrogen and oxygen atoms in total. The van der Waals surface area contributed by atoms with Crippen molar-refractivity contribution in [3.05, 3.63) is 53.8 Å². The number of carbonyl (C=O) groups excluding carboxylic acids is 1. The van der Waals surface area contributed by atoms with Crippen LogP contribution in [0.1, 0.15) is 38.2 Å². The second-order valence-electron chi connectivity index (χ2n) is 4.49. The van der Waals surface area contributed by atoms with Gasteiger partial charge < -0.3 is 4.74 Å². The van der Waals surface area contributed by atoms with Crippen molar-refractivity contribution in [3.8, 4) is 0 Å². The lowest BCUT2D eigenvalue weighted by Crippen LogP contribution is -1.98. The summed E-state index contributed by atoms with van der Waals surface area (Å²) < 4.78 is 4.88. The van der Waals surface area contributed by atoms with Crippen LogP contribution in [0.25, 0.3) is 5.57 Å². The third kappa shape index (κ3) is 3.33. The molecule has 0 saturated carbocycles. The molecular weight excluding hydrogens is 224 g/mol. The smallest absolute Gasteiger partial charge is 0.307 e. The minimum absolute atomic E-state index is 0.274. The lowest BCUT2D eigenvalue weighted by molar-refractivity contribution is -0.135. The van der Waals surface area contributed by atoms with E-state index in [0.717, 1.165) is 12.8 Å². The van der Waals surface area contributed by atoms with E-state index in [1.165, 1.54) is 42.7 Å². The van der Waals surface area contributed by atoms with Gasteiger partial charge in [0.15, 0.2) is 0 Å². The summed E-state index contributed by atoms with van der Waals surface area (Å²) in [4.78, 5) is 10.7. The van der Waals surface area contributed by atoms with Crippen LogP contribution in [-0.2, 0) is 9.53 Å². The van der Waals surface area contributed by atoms with Crippen molar-refractivity contribution in [2.45, 2.75) is 32.6 Å². The number of allylic oxidation sites excluding steroid dienone is 3. The Hall–Kier alpha value is -1.83. The van der Waals surface area contributed by atoms with Gasteiger partial charge in [0.05, 0.1) is 6.26 Å². The van der Waals surface area contributed by atoms with Crippen LogP contribution in [0, 0.1) is 0 Å². The number of hydrogen-bond acceptors (Lipinski definition) is 2. The molecule has 0 amide bonds. The van der Waals surface area contributed by atoms with Gasteiger partial charge in [-0.1, -0.05) is 30.3 Å². The number of esters is 1. The molecule has 2 rings (SSSR count). The molecule has 1 aromatic rings. The quantitative estimate of drug-likeness (QED) is 0.589.